The highest BCUT2D eigenvalue weighted by Gasteiger charge is 2.10. The minimum Gasteiger partial charge on any atom is -0.322 e. The summed E-state index contributed by atoms with van der Waals surface area (Å²) in [5.41, 5.74) is 3.80. The predicted octanol–water partition coefficient (Wildman–Crippen LogP) is 3.04. The van der Waals surface area contributed by atoms with Gasteiger partial charge in [-0.15, -0.1) is 0 Å². The molecule has 0 fully saturated rings. The number of hydrogen-bond donors (Lipinski definition) is 1. The van der Waals surface area contributed by atoms with Crippen LogP contribution in [0.5, 0.6) is 0 Å². The molecule has 1 aromatic carbocycles. The van der Waals surface area contributed by atoms with Crippen LogP contribution in [-0.2, 0) is 17.9 Å². The fourth-order valence-corrected chi connectivity index (χ4v) is 2.46. The molecular formula is C17H18ClN5O. The number of benzene rings is 1. The lowest BCUT2D eigenvalue weighted by molar-refractivity contribution is -0.116. The lowest BCUT2D eigenvalue weighted by Gasteiger charge is -2.05. The molecule has 2 aromatic heterocycles. The molecule has 1 amide bonds. The summed E-state index contributed by atoms with van der Waals surface area (Å²) >= 11 is 5.93. The predicted molar refractivity (Wildman–Crippen MR) is 93.1 cm³/mol. The van der Waals surface area contributed by atoms with E-state index in [2.05, 4.69) is 46.7 Å². The monoisotopic (exact) mass is 343 g/mol. The van der Waals surface area contributed by atoms with Gasteiger partial charge in [0.2, 0.25) is 5.91 Å². The van der Waals surface area contributed by atoms with Crippen LogP contribution in [-0.4, -0.2) is 25.5 Å². The van der Waals surface area contributed by atoms with Crippen molar-refractivity contribution in [2.24, 2.45) is 0 Å². The molecule has 0 saturated carbocycles. The van der Waals surface area contributed by atoms with Crippen LogP contribution in [0.1, 0.15) is 16.8 Å². The number of anilines is 1. The van der Waals surface area contributed by atoms with Crippen molar-refractivity contribution in [2.45, 2.75) is 26.9 Å². The normalized spacial score (nSPS) is 10.8. The Labute approximate surface area is 145 Å². The van der Waals surface area contributed by atoms with E-state index in [0.717, 1.165) is 11.3 Å². The Morgan fingerprint density at radius 3 is 2.58 bits per heavy atom. The van der Waals surface area contributed by atoms with Crippen molar-refractivity contribution in [1.82, 2.24) is 19.6 Å². The molecule has 0 spiro atoms. The maximum Gasteiger partial charge on any atom is 0.246 e. The first-order valence-corrected chi connectivity index (χ1v) is 7.95. The van der Waals surface area contributed by atoms with Gasteiger partial charge in [-0.3, -0.25) is 14.2 Å². The van der Waals surface area contributed by atoms with Crippen LogP contribution < -0.4 is 5.32 Å². The molecule has 3 aromatic rings. The van der Waals surface area contributed by atoms with Gasteiger partial charge >= 0.3 is 0 Å². The third-order valence-corrected chi connectivity index (χ3v) is 4.09. The highest BCUT2D eigenvalue weighted by Crippen LogP contribution is 2.13. The van der Waals surface area contributed by atoms with Crippen LogP contribution in [0.15, 0.2) is 42.9 Å². The first-order valence-electron chi connectivity index (χ1n) is 7.57. The summed E-state index contributed by atoms with van der Waals surface area (Å²) in [7, 11) is 0. The summed E-state index contributed by atoms with van der Waals surface area (Å²) in [5.74, 6) is -0.173. The van der Waals surface area contributed by atoms with E-state index in [1.807, 2.05) is 6.92 Å². The zero-order valence-electron chi connectivity index (χ0n) is 13.5. The molecule has 124 valence electrons. The fraction of sp³-hybridized carbons (Fsp3) is 0.235. The van der Waals surface area contributed by atoms with Crippen molar-refractivity contribution in [2.75, 3.05) is 5.32 Å². The van der Waals surface area contributed by atoms with Crippen LogP contribution in [0.4, 0.5) is 5.69 Å². The van der Waals surface area contributed by atoms with Gasteiger partial charge in [-0.2, -0.15) is 10.2 Å². The first-order chi connectivity index (χ1) is 11.5. The Kier molecular flexibility index (Phi) is 4.66. The minimum atomic E-state index is -0.173. The van der Waals surface area contributed by atoms with Crippen LogP contribution in [0, 0.1) is 13.8 Å². The first kappa shape index (κ1) is 16.3. The summed E-state index contributed by atoms with van der Waals surface area (Å²) in [6, 6.07) is 8.27. The van der Waals surface area contributed by atoms with E-state index >= 15 is 0 Å². The number of rotatable bonds is 5. The fourth-order valence-electron chi connectivity index (χ4n) is 2.31. The van der Waals surface area contributed by atoms with E-state index in [-0.39, 0.29) is 12.5 Å². The second kappa shape index (κ2) is 6.88. The lowest BCUT2D eigenvalue weighted by atomic mass is 10.1. The average Bonchev–Trinajstić information content (AvgIpc) is 3.11. The molecular weight excluding hydrogens is 326 g/mol. The number of amides is 1. The molecule has 0 aliphatic carbocycles. The highest BCUT2D eigenvalue weighted by molar-refractivity contribution is 6.31. The molecule has 3 rings (SSSR count). The molecule has 6 nitrogen and oxygen atoms in total. The van der Waals surface area contributed by atoms with Crippen molar-refractivity contribution in [3.05, 3.63) is 64.7 Å². The molecule has 1 N–H and O–H groups in total. The molecule has 0 atom stereocenters. The molecule has 7 heteroatoms. The van der Waals surface area contributed by atoms with Crippen molar-refractivity contribution in [1.29, 1.82) is 0 Å². The summed E-state index contributed by atoms with van der Waals surface area (Å²) in [6.07, 6.45) is 4.97. The molecule has 2 heterocycles. The third kappa shape index (κ3) is 3.83. The minimum absolute atomic E-state index is 0.113. The SMILES string of the molecule is Cc1ccc(Cn2cc(NC(=O)Cn3ncc(Cl)c3C)cn2)cc1. The third-order valence-electron chi connectivity index (χ3n) is 3.72. The number of carbonyl (C=O) groups excluding carboxylic acids is 1. The summed E-state index contributed by atoms with van der Waals surface area (Å²) in [6.45, 7) is 4.65. The van der Waals surface area contributed by atoms with Gasteiger partial charge in [-0.25, -0.2) is 0 Å². The maximum absolute atomic E-state index is 12.1. The molecule has 0 aliphatic heterocycles. The van der Waals surface area contributed by atoms with Crippen LogP contribution in [0.3, 0.4) is 0 Å². The largest absolute Gasteiger partial charge is 0.322 e. The average molecular weight is 344 g/mol. The topological polar surface area (TPSA) is 64.7 Å². The van der Waals surface area contributed by atoms with Gasteiger partial charge in [0.1, 0.15) is 6.54 Å². The summed E-state index contributed by atoms with van der Waals surface area (Å²) in [5, 5.41) is 11.7. The number of nitrogens with zero attached hydrogens (tertiary/aromatic N) is 4. The van der Waals surface area contributed by atoms with Gasteiger partial charge in [-0.1, -0.05) is 41.4 Å². The smallest absolute Gasteiger partial charge is 0.246 e. The van der Waals surface area contributed by atoms with Crippen molar-refractivity contribution < 1.29 is 4.79 Å². The van der Waals surface area contributed by atoms with Gasteiger partial charge in [0.15, 0.2) is 0 Å². The van der Waals surface area contributed by atoms with Crippen LogP contribution >= 0.6 is 11.6 Å². The number of aromatic nitrogens is 4. The Morgan fingerprint density at radius 2 is 1.92 bits per heavy atom. The van der Waals surface area contributed by atoms with Crippen LogP contribution in [0.25, 0.3) is 0 Å². The van der Waals surface area contributed by atoms with E-state index < -0.39 is 0 Å². The zero-order chi connectivity index (χ0) is 17.1. The molecule has 0 aliphatic rings. The molecule has 0 unspecified atom stereocenters. The molecule has 24 heavy (non-hydrogen) atoms. The number of nitrogens with one attached hydrogen (secondary N) is 1. The molecule has 0 radical (unpaired) electrons. The van der Waals surface area contributed by atoms with E-state index in [4.69, 9.17) is 11.6 Å². The van der Waals surface area contributed by atoms with Crippen molar-refractivity contribution >= 4 is 23.2 Å². The Bertz CT molecular complexity index is 850. The van der Waals surface area contributed by atoms with Crippen LogP contribution in [0.2, 0.25) is 5.02 Å². The lowest BCUT2D eigenvalue weighted by Crippen LogP contribution is -2.20. The van der Waals surface area contributed by atoms with Crippen molar-refractivity contribution in [3.8, 4) is 0 Å². The number of carbonyl (C=O) groups is 1. The van der Waals surface area contributed by atoms with Gasteiger partial charge in [0.25, 0.3) is 0 Å². The van der Waals surface area contributed by atoms with Crippen molar-refractivity contribution in [3.63, 3.8) is 0 Å². The van der Waals surface area contributed by atoms with E-state index in [1.165, 1.54) is 11.8 Å². The Hall–Kier alpha value is -2.60. The standard InChI is InChI=1S/C17H18ClN5O/c1-12-3-5-14(6-4-12)9-22-10-15(7-19-22)21-17(24)11-23-13(2)16(18)8-20-23/h3-8,10H,9,11H2,1-2H3,(H,21,24). The Balaban J connectivity index is 1.60. The van der Waals surface area contributed by atoms with Gasteiger partial charge in [-0.05, 0) is 19.4 Å². The summed E-state index contributed by atoms with van der Waals surface area (Å²) < 4.78 is 3.35. The maximum atomic E-state index is 12.1. The van der Waals surface area contributed by atoms with Gasteiger partial charge in [0, 0.05) is 6.20 Å². The Morgan fingerprint density at radius 1 is 1.17 bits per heavy atom. The number of halogens is 1. The van der Waals surface area contributed by atoms with E-state index in [1.54, 1.807) is 21.8 Å². The highest BCUT2D eigenvalue weighted by atomic mass is 35.5. The quantitative estimate of drug-likeness (QED) is 0.774. The second-order valence-corrected chi connectivity index (χ2v) is 6.10. The summed E-state index contributed by atoms with van der Waals surface area (Å²) in [4.78, 5) is 12.1. The number of hydrogen-bond acceptors (Lipinski definition) is 3. The van der Waals surface area contributed by atoms with Gasteiger partial charge in [0.05, 0.1) is 35.3 Å². The molecule has 0 bridgehead atoms. The van der Waals surface area contributed by atoms with E-state index in [0.29, 0.717) is 17.3 Å². The zero-order valence-corrected chi connectivity index (χ0v) is 14.3. The van der Waals surface area contributed by atoms with E-state index in [9.17, 15) is 4.79 Å². The van der Waals surface area contributed by atoms with Gasteiger partial charge < -0.3 is 5.32 Å². The second-order valence-electron chi connectivity index (χ2n) is 5.70. The molecule has 0 saturated heterocycles. The number of aryl methyl sites for hydroxylation is 1.